The van der Waals surface area contributed by atoms with Crippen LogP contribution in [0.25, 0.3) is 0 Å². The van der Waals surface area contributed by atoms with Crippen LogP contribution in [0.3, 0.4) is 0 Å². The molecule has 0 spiro atoms. The van der Waals surface area contributed by atoms with Crippen LogP contribution in [0.4, 0.5) is 0 Å². The molecule has 0 aliphatic heterocycles. The zero-order valence-corrected chi connectivity index (χ0v) is 8.69. The van der Waals surface area contributed by atoms with Gasteiger partial charge in [0.05, 0.1) is 17.6 Å². The Morgan fingerprint density at radius 2 is 2.00 bits per heavy atom. The Balaban J connectivity index is 2.22. The van der Waals surface area contributed by atoms with Crippen molar-refractivity contribution in [3.8, 4) is 0 Å². The number of hydrogen-bond acceptors (Lipinski definition) is 1. The molecule has 0 bridgehead atoms. The Kier molecular flexibility index (Phi) is 2.79. The molecule has 1 aliphatic carbocycles. The molecule has 1 fully saturated rings. The van der Waals surface area contributed by atoms with Crippen LogP contribution in [0.15, 0.2) is 0 Å². The molecule has 4 N–H and O–H groups in total. The van der Waals surface area contributed by atoms with Crippen LogP contribution in [0.5, 0.6) is 0 Å². The molecule has 72 valence electrons. The maximum absolute atomic E-state index is 5.94. The molecular formula is C10H23N2+. The van der Waals surface area contributed by atoms with Crippen LogP contribution in [0.1, 0.15) is 46.5 Å². The molecule has 0 heterocycles. The summed E-state index contributed by atoms with van der Waals surface area (Å²) < 4.78 is 0. The highest BCUT2D eigenvalue weighted by Crippen LogP contribution is 2.35. The first-order chi connectivity index (χ1) is 5.47. The van der Waals surface area contributed by atoms with E-state index in [0.717, 1.165) is 6.54 Å². The summed E-state index contributed by atoms with van der Waals surface area (Å²) in [5.74, 6) is 0. The maximum Gasteiger partial charge on any atom is 0.0966 e. The molecule has 0 aromatic carbocycles. The Morgan fingerprint density at radius 1 is 1.42 bits per heavy atom. The molecule has 0 atom stereocenters. The minimum Gasteiger partial charge on any atom is -0.340 e. The first-order valence-corrected chi connectivity index (χ1v) is 5.11. The third-order valence-corrected chi connectivity index (χ3v) is 2.70. The van der Waals surface area contributed by atoms with Gasteiger partial charge >= 0.3 is 0 Å². The average Bonchev–Trinajstić information content (AvgIpc) is 2.65. The van der Waals surface area contributed by atoms with E-state index in [0.29, 0.717) is 5.54 Å². The standard InChI is InChI=1S/C10H22N2/c1-4-5-10(6-7-10)12-8-9(2,3)11/h12H,4-8,11H2,1-3H3/p+1. The van der Waals surface area contributed by atoms with Crippen LogP contribution < -0.4 is 11.1 Å². The monoisotopic (exact) mass is 171 g/mol. The SMILES string of the molecule is CCCC1([NH2+]CC(C)(C)N)CC1. The molecule has 2 heteroatoms. The summed E-state index contributed by atoms with van der Waals surface area (Å²) in [5.41, 5.74) is 6.53. The summed E-state index contributed by atoms with van der Waals surface area (Å²) in [7, 11) is 0. The molecule has 0 unspecified atom stereocenters. The van der Waals surface area contributed by atoms with Crippen LogP contribution in [0.2, 0.25) is 0 Å². The fraction of sp³-hybridized carbons (Fsp3) is 1.00. The zero-order chi connectivity index (χ0) is 9.24. The van der Waals surface area contributed by atoms with Crippen molar-refractivity contribution in [1.29, 1.82) is 0 Å². The second-order valence-electron chi connectivity index (χ2n) is 5.01. The first-order valence-electron chi connectivity index (χ1n) is 5.11. The molecule has 2 nitrogen and oxygen atoms in total. The van der Waals surface area contributed by atoms with Crippen molar-refractivity contribution in [2.75, 3.05) is 6.54 Å². The summed E-state index contributed by atoms with van der Waals surface area (Å²) in [6.45, 7) is 7.53. The van der Waals surface area contributed by atoms with Gasteiger partial charge in [0.15, 0.2) is 0 Å². The average molecular weight is 171 g/mol. The van der Waals surface area contributed by atoms with Gasteiger partial charge in [0.25, 0.3) is 0 Å². The lowest BCUT2D eigenvalue weighted by atomic mass is 10.1. The Bertz CT molecular complexity index is 142. The molecule has 0 saturated heterocycles. The minimum atomic E-state index is -0.0106. The molecule has 0 aromatic heterocycles. The lowest BCUT2D eigenvalue weighted by Crippen LogP contribution is -2.95. The number of hydrogen-bond donors (Lipinski definition) is 2. The molecule has 1 saturated carbocycles. The van der Waals surface area contributed by atoms with E-state index < -0.39 is 0 Å². The van der Waals surface area contributed by atoms with Crippen molar-refractivity contribution in [2.24, 2.45) is 5.73 Å². The smallest absolute Gasteiger partial charge is 0.0966 e. The van der Waals surface area contributed by atoms with Gasteiger partial charge in [0.2, 0.25) is 0 Å². The van der Waals surface area contributed by atoms with Crippen LogP contribution in [0, 0.1) is 0 Å². The minimum absolute atomic E-state index is 0.0106. The Morgan fingerprint density at radius 3 is 2.33 bits per heavy atom. The van der Waals surface area contributed by atoms with Crippen LogP contribution in [-0.4, -0.2) is 17.6 Å². The van der Waals surface area contributed by atoms with Crippen molar-refractivity contribution in [3.63, 3.8) is 0 Å². The quantitative estimate of drug-likeness (QED) is 0.625. The van der Waals surface area contributed by atoms with Gasteiger partial charge in [-0.2, -0.15) is 0 Å². The van der Waals surface area contributed by atoms with E-state index in [1.54, 1.807) is 0 Å². The fourth-order valence-electron chi connectivity index (χ4n) is 1.69. The molecular weight excluding hydrogens is 148 g/mol. The number of rotatable bonds is 5. The number of quaternary nitrogens is 1. The second kappa shape index (κ2) is 3.35. The summed E-state index contributed by atoms with van der Waals surface area (Å²) >= 11 is 0. The summed E-state index contributed by atoms with van der Waals surface area (Å²) in [6, 6.07) is 0. The van der Waals surface area contributed by atoms with E-state index in [2.05, 4.69) is 26.1 Å². The zero-order valence-electron chi connectivity index (χ0n) is 8.69. The third kappa shape index (κ3) is 3.11. The molecule has 0 amide bonds. The first kappa shape index (κ1) is 10.0. The van der Waals surface area contributed by atoms with Gasteiger partial charge in [0.1, 0.15) is 0 Å². The Labute approximate surface area is 75.9 Å². The molecule has 12 heavy (non-hydrogen) atoms. The van der Waals surface area contributed by atoms with E-state index in [1.165, 1.54) is 25.7 Å². The predicted molar refractivity (Wildman–Crippen MR) is 51.9 cm³/mol. The van der Waals surface area contributed by atoms with E-state index in [1.807, 2.05) is 0 Å². The normalized spacial score (nSPS) is 21.0. The largest absolute Gasteiger partial charge is 0.340 e. The molecule has 0 radical (unpaired) electrons. The van der Waals surface area contributed by atoms with Crippen LogP contribution in [-0.2, 0) is 0 Å². The topological polar surface area (TPSA) is 42.6 Å². The predicted octanol–water partition coefficient (Wildman–Crippen LogP) is 0.620. The van der Waals surface area contributed by atoms with E-state index in [-0.39, 0.29) is 5.54 Å². The summed E-state index contributed by atoms with van der Waals surface area (Å²) in [6.07, 6.45) is 5.47. The van der Waals surface area contributed by atoms with E-state index in [4.69, 9.17) is 5.73 Å². The van der Waals surface area contributed by atoms with Gasteiger partial charge < -0.3 is 11.1 Å². The van der Waals surface area contributed by atoms with Gasteiger partial charge in [-0.15, -0.1) is 0 Å². The summed E-state index contributed by atoms with van der Waals surface area (Å²) in [5, 5.41) is 2.47. The van der Waals surface area contributed by atoms with Crippen molar-refractivity contribution in [2.45, 2.75) is 57.5 Å². The maximum atomic E-state index is 5.94. The van der Waals surface area contributed by atoms with Gasteiger partial charge in [-0.25, -0.2) is 0 Å². The van der Waals surface area contributed by atoms with Crippen molar-refractivity contribution < 1.29 is 5.32 Å². The van der Waals surface area contributed by atoms with Gasteiger partial charge in [-0.1, -0.05) is 13.3 Å². The highest BCUT2D eigenvalue weighted by atomic mass is 15.0. The van der Waals surface area contributed by atoms with Gasteiger partial charge in [0, 0.05) is 19.3 Å². The lowest BCUT2D eigenvalue weighted by Gasteiger charge is -2.21. The summed E-state index contributed by atoms with van der Waals surface area (Å²) in [4.78, 5) is 0. The molecule has 1 aliphatic rings. The third-order valence-electron chi connectivity index (χ3n) is 2.70. The van der Waals surface area contributed by atoms with Crippen molar-refractivity contribution >= 4 is 0 Å². The lowest BCUT2D eigenvalue weighted by molar-refractivity contribution is -0.708. The second-order valence-corrected chi connectivity index (χ2v) is 5.01. The van der Waals surface area contributed by atoms with Crippen LogP contribution >= 0.6 is 0 Å². The molecule has 1 rings (SSSR count). The van der Waals surface area contributed by atoms with E-state index >= 15 is 0 Å². The highest BCUT2D eigenvalue weighted by Gasteiger charge is 2.46. The fourth-order valence-corrected chi connectivity index (χ4v) is 1.69. The van der Waals surface area contributed by atoms with Crippen molar-refractivity contribution in [1.82, 2.24) is 0 Å². The Hall–Kier alpha value is -0.0800. The molecule has 0 aromatic rings. The highest BCUT2D eigenvalue weighted by molar-refractivity contribution is 4.92. The number of nitrogens with two attached hydrogens (primary N) is 2. The van der Waals surface area contributed by atoms with Crippen molar-refractivity contribution in [3.05, 3.63) is 0 Å². The van der Waals surface area contributed by atoms with Gasteiger partial charge in [-0.3, -0.25) is 0 Å². The van der Waals surface area contributed by atoms with E-state index in [9.17, 15) is 0 Å². The van der Waals surface area contributed by atoms with Gasteiger partial charge in [-0.05, 0) is 13.8 Å².